The predicted molar refractivity (Wildman–Crippen MR) is 70.5 cm³/mol. The van der Waals surface area contributed by atoms with E-state index in [4.69, 9.17) is 5.11 Å². The fourth-order valence-corrected chi connectivity index (χ4v) is 2.82. The Kier molecular flexibility index (Phi) is 3.45. The molecule has 0 bridgehead atoms. The summed E-state index contributed by atoms with van der Waals surface area (Å²) in [7, 11) is 0. The molecule has 3 nitrogen and oxygen atoms in total. The van der Waals surface area contributed by atoms with Crippen LogP contribution in [0.15, 0.2) is 30.3 Å². The molecule has 2 atom stereocenters. The molecule has 2 aromatic rings. The van der Waals surface area contributed by atoms with Gasteiger partial charge in [0.15, 0.2) is 0 Å². The number of hydrogen-bond acceptors (Lipinski definition) is 3. The summed E-state index contributed by atoms with van der Waals surface area (Å²) in [6.45, 7) is 3.65. The second-order valence-electron chi connectivity index (χ2n) is 4.13. The van der Waals surface area contributed by atoms with Crippen LogP contribution in [0.25, 0.3) is 10.1 Å². The minimum atomic E-state index is -0.821. The quantitative estimate of drug-likeness (QED) is 0.875. The molecule has 0 aliphatic heterocycles. The highest BCUT2D eigenvalue weighted by molar-refractivity contribution is 7.19. The number of nitrogens with one attached hydrogen (secondary N) is 1. The number of hydrogen-bond donors (Lipinski definition) is 2. The van der Waals surface area contributed by atoms with Gasteiger partial charge in [-0.3, -0.25) is 10.1 Å². The normalized spacial score (nSPS) is 14.7. The van der Waals surface area contributed by atoms with Crippen LogP contribution in [-0.2, 0) is 4.79 Å². The predicted octanol–water partition coefficient (Wildman–Crippen LogP) is 3.03. The van der Waals surface area contributed by atoms with Gasteiger partial charge in [-0.05, 0) is 31.4 Å². The molecule has 4 heteroatoms. The summed E-state index contributed by atoms with van der Waals surface area (Å²) in [5, 5.41) is 13.1. The lowest BCUT2D eigenvalue weighted by Gasteiger charge is -2.15. The molecule has 17 heavy (non-hydrogen) atoms. The van der Waals surface area contributed by atoms with E-state index < -0.39 is 12.0 Å². The first-order valence-corrected chi connectivity index (χ1v) is 6.37. The van der Waals surface area contributed by atoms with Crippen molar-refractivity contribution >= 4 is 27.4 Å². The molecule has 0 amide bonds. The maximum atomic E-state index is 10.8. The lowest BCUT2D eigenvalue weighted by molar-refractivity contribution is -0.139. The van der Waals surface area contributed by atoms with E-state index in [0.29, 0.717) is 0 Å². The van der Waals surface area contributed by atoms with Gasteiger partial charge < -0.3 is 5.11 Å². The van der Waals surface area contributed by atoms with E-state index in [1.807, 2.05) is 19.1 Å². The largest absolute Gasteiger partial charge is 0.480 e. The van der Waals surface area contributed by atoms with Gasteiger partial charge in [-0.25, -0.2) is 0 Å². The molecule has 90 valence electrons. The minimum Gasteiger partial charge on any atom is -0.480 e. The summed E-state index contributed by atoms with van der Waals surface area (Å²) in [5.74, 6) is -0.821. The number of carboxylic acid groups (broad SMARTS) is 1. The molecule has 0 saturated carbocycles. The van der Waals surface area contributed by atoms with Crippen molar-refractivity contribution in [1.29, 1.82) is 0 Å². The van der Waals surface area contributed by atoms with Crippen molar-refractivity contribution in [3.05, 3.63) is 35.2 Å². The maximum Gasteiger partial charge on any atom is 0.320 e. The molecule has 0 aliphatic rings. The average molecular weight is 249 g/mol. The fourth-order valence-electron chi connectivity index (χ4n) is 1.74. The van der Waals surface area contributed by atoms with Crippen LogP contribution in [0.5, 0.6) is 0 Å². The van der Waals surface area contributed by atoms with Crippen LogP contribution in [-0.4, -0.2) is 17.1 Å². The van der Waals surface area contributed by atoms with E-state index in [1.54, 1.807) is 18.3 Å². The van der Waals surface area contributed by atoms with Crippen LogP contribution >= 0.6 is 11.3 Å². The Balaban J connectivity index is 2.19. The fraction of sp³-hybridized carbons (Fsp3) is 0.308. The van der Waals surface area contributed by atoms with E-state index in [9.17, 15) is 4.79 Å². The van der Waals surface area contributed by atoms with Crippen LogP contribution in [0.2, 0.25) is 0 Å². The first-order valence-electron chi connectivity index (χ1n) is 5.55. The summed E-state index contributed by atoms with van der Waals surface area (Å²) in [6, 6.07) is 9.82. The SMILES string of the molecule is CC(N[C@H](C)C(=O)O)c1cc2ccccc2s1. The average Bonchev–Trinajstić information content (AvgIpc) is 2.72. The molecule has 1 unspecified atom stereocenters. The first kappa shape index (κ1) is 12.1. The second-order valence-corrected chi connectivity index (χ2v) is 5.25. The molecule has 1 heterocycles. The lowest BCUT2D eigenvalue weighted by Crippen LogP contribution is -2.35. The third-order valence-electron chi connectivity index (χ3n) is 2.74. The Morgan fingerprint density at radius 3 is 2.71 bits per heavy atom. The van der Waals surface area contributed by atoms with Crippen molar-refractivity contribution < 1.29 is 9.90 Å². The third-order valence-corrected chi connectivity index (χ3v) is 4.04. The van der Waals surface area contributed by atoms with Crippen molar-refractivity contribution in [1.82, 2.24) is 5.32 Å². The van der Waals surface area contributed by atoms with E-state index in [0.717, 1.165) is 0 Å². The Bertz CT molecular complexity index is 502. The van der Waals surface area contributed by atoms with Crippen LogP contribution in [0.1, 0.15) is 24.8 Å². The number of fused-ring (bicyclic) bond motifs is 1. The number of carboxylic acids is 1. The Labute approximate surface area is 104 Å². The zero-order valence-electron chi connectivity index (χ0n) is 9.81. The van der Waals surface area contributed by atoms with E-state index >= 15 is 0 Å². The lowest BCUT2D eigenvalue weighted by atomic mass is 10.2. The standard InChI is InChI=1S/C13H15NO2S/c1-8(14-9(2)13(15)16)12-7-10-5-3-4-6-11(10)17-12/h3-9,14H,1-2H3,(H,15,16)/t8?,9-/m1/s1. The summed E-state index contributed by atoms with van der Waals surface area (Å²) >= 11 is 1.70. The van der Waals surface area contributed by atoms with Crippen LogP contribution in [0.3, 0.4) is 0 Å². The monoisotopic (exact) mass is 249 g/mol. The molecular formula is C13H15NO2S. The number of carbonyl (C=O) groups is 1. The van der Waals surface area contributed by atoms with Gasteiger partial charge in [-0.15, -0.1) is 11.3 Å². The Hall–Kier alpha value is -1.39. The maximum absolute atomic E-state index is 10.8. The number of rotatable bonds is 4. The second kappa shape index (κ2) is 4.85. The smallest absolute Gasteiger partial charge is 0.320 e. The zero-order chi connectivity index (χ0) is 12.4. The third kappa shape index (κ3) is 2.65. The number of thiophene rings is 1. The van der Waals surface area contributed by atoms with E-state index in [-0.39, 0.29) is 6.04 Å². The summed E-state index contributed by atoms with van der Waals surface area (Å²) < 4.78 is 1.24. The molecule has 0 aliphatic carbocycles. The molecule has 0 spiro atoms. The van der Waals surface area contributed by atoms with Gasteiger partial charge in [0.25, 0.3) is 0 Å². The van der Waals surface area contributed by atoms with Gasteiger partial charge in [0.1, 0.15) is 6.04 Å². The molecular weight excluding hydrogens is 234 g/mol. The topological polar surface area (TPSA) is 49.3 Å². The first-order chi connectivity index (χ1) is 8.08. The van der Waals surface area contributed by atoms with Gasteiger partial charge in [0, 0.05) is 15.6 Å². The van der Waals surface area contributed by atoms with E-state index in [2.05, 4.69) is 23.5 Å². The Morgan fingerprint density at radius 2 is 2.06 bits per heavy atom. The summed E-state index contributed by atoms with van der Waals surface area (Å²) in [4.78, 5) is 11.9. The van der Waals surface area contributed by atoms with Gasteiger partial charge in [-0.1, -0.05) is 18.2 Å². The summed E-state index contributed by atoms with van der Waals surface area (Å²) in [6.07, 6.45) is 0. The highest BCUT2D eigenvalue weighted by Crippen LogP contribution is 2.29. The highest BCUT2D eigenvalue weighted by atomic mass is 32.1. The number of benzene rings is 1. The Morgan fingerprint density at radius 1 is 1.35 bits per heavy atom. The summed E-state index contributed by atoms with van der Waals surface area (Å²) in [5.41, 5.74) is 0. The van der Waals surface area contributed by atoms with Crippen molar-refractivity contribution in [3.63, 3.8) is 0 Å². The van der Waals surface area contributed by atoms with Crippen molar-refractivity contribution in [2.75, 3.05) is 0 Å². The van der Waals surface area contributed by atoms with Gasteiger partial charge in [0.2, 0.25) is 0 Å². The minimum absolute atomic E-state index is 0.0542. The molecule has 0 saturated heterocycles. The van der Waals surface area contributed by atoms with E-state index in [1.165, 1.54) is 15.0 Å². The van der Waals surface area contributed by atoms with Gasteiger partial charge in [0.05, 0.1) is 0 Å². The molecule has 0 radical (unpaired) electrons. The molecule has 2 N–H and O–H groups in total. The van der Waals surface area contributed by atoms with Crippen molar-refractivity contribution in [2.45, 2.75) is 25.9 Å². The van der Waals surface area contributed by atoms with Crippen LogP contribution < -0.4 is 5.32 Å². The van der Waals surface area contributed by atoms with Crippen LogP contribution in [0, 0.1) is 0 Å². The molecule has 2 rings (SSSR count). The molecule has 1 aromatic carbocycles. The molecule has 1 aromatic heterocycles. The van der Waals surface area contributed by atoms with Crippen molar-refractivity contribution in [2.24, 2.45) is 0 Å². The van der Waals surface area contributed by atoms with Crippen LogP contribution in [0.4, 0.5) is 0 Å². The highest BCUT2D eigenvalue weighted by Gasteiger charge is 2.16. The zero-order valence-corrected chi connectivity index (χ0v) is 10.6. The van der Waals surface area contributed by atoms with Gasteiger partial charge >= 0.3 is 5.97 Å². The molecule has 0 fully saturated rings. The number of aliphatic carboxylic acids is 1. The van der Waals surface area contributed by atoms with Crippen molar-refractivity contribution in [3.8, 4) is 0 Å². The van der Waals surface area contributed by atoms with Gasteiger partial charge in [-0.2, -0.15) is 0 Å².